The number of hydrogen-bond acceptors (Lipinski definition) is 6. The van der Waals surface area contributed by atoms with Crippen LogP contribution in [0.3, 0.4) is 0 Å². The first-order valence-electron chi connectivity index (χ1n) is 7.89. The summed E-state index contributed by atoms with van der Waals surface area (Å²) in [7, 11) is 0. The maximum absolute atomic E-state index is 12.4. The minimum atomic E-state index is -0.720. The lowest BCUT2D eigenvalue weighted by Crippen LogP contribution is -1.93. The molecule has 1 amide bonds. The quantitative estimate of drug-likeness (QED) is 0.307. The molecule has 0 unspecified atom stereocenters. The van der Waals surface area contributed by atoms with Crippen LogP contribution < -0.4 is 0 Å². The Morgan fingerprint density at radius 2 is 2.00 bits per heavy atom. The van der Waals surface area contributed by atoms with Crippen molar-refractivity contribution in [3.63, 3.8) is 0 Å². The van der Waals surface area contributed by atoms with E-state index in [-0.39, 0.29) is 28.4 Å². The van der Waals surface area contributed by atoms with Crippen LogP contribution in [-0.4, -0.2) is 20.9 Å². The van der Waals surface area contributed by atoms with E-state index in [0.717, 1.165) is 5.39 Å². The molecule has 2 aromatic carbocycles. The Balaban J connectivity index is 1.74. The number of nitrogens with one attached hydrogen (secondary N) is 1. The summed E-state index contributed by atoms with van der Waals surface area (Å²) in [6.45, 7) is 1.74. The second-order valence-electron chi connectivity index (χ2n) is 5.87. The highest BCUT2D eigenvalue weighted by Gasteiger charge is 2.19. The number of carbonyl (C=O) groups is 1. The number of aryl methyl sites for hydroxylation is 1. The average molecular weight is 364 g/mol. The van der Waals surface area contributed by atoms with E-state index >= 15 is 0 Å². The summed E-state index contributed by atoms with van der Waals surface area (Å²) in [5.74, 6) is -1.02. The van der Waals surface area contributed by atoms with E-state index in [9.17, 15) is 20.0 Å². The Kier molecular flexibility index (Phi) is 3.69. The standard InChI is InChI=1S/C18H12N4O5/c1-9-11-4-2-3-5-14(11)27-16(9)18(24)21-20-15-12-8-10(22(25)26)6-7-13(12)19-17(15)23/h2-8,19,23H,1H3. The molecule has 9 heteroatoms. The maximum Gasteiger partial charge on any atom is 0.331 e. The van der Waals surface area contributed by atoms with E-state index in [4.69, 9.17) is 4.42 Å². The van der Waals surface area contributed by atoms with E-state index in [1.165, 1.54) is 18.2 Å². The first kappa shape index (κ1) is 16.5. The number of aromatic nitrogens is 1. The number of H-pyrrole nitrogens is 1. The second kappa shape index (κ2) is 6.06. The molecule has 4 aromatic rings. The fourth-order valence-corrected chi connectivity index (χ4v) is 2.89. The van der Waals surface area contributed by atoms with Crippen molar-refractivity contribution in [1.29, 1.82) is 0 Å². The molecule has 0 fully saturated rings. The second-order valence-corrected chi connectivity index (χ2v) is 5.87. The van der Waals surface area contributed by atoms with Crippen LogP contribution in [0, 0.1) is 17.0 Å². The number of amides is 1. The van der Waals surface area contributed by atoms with Gasteiger partial charge >= 0.3 is 5.91 Å². The van der Waals surface area contributed by atoms with E-state index in [1.54, 1.807) is 19.1 Å². The first-order chi connectivity index (χ1) is 13.0. The Bertz CT molecular complexity index is 1250. The number of carbonyl (C=O) groups excluding carboxylic acids is 1. The molecule has 0 bridgehead atoms. The van der Waals surface area contributed by atoms with Crippen molar-refractivity contribution in [2.45, 2.75) is 6.92 Å². The smallest absolute Gasteiger partial charge is 0.331 e. The molecule has 0 saturated heterocycles. The van der Waals surface area contributed by atoms with Gasteiger partial charge < -0.3 is 14.5 Å². The number of rotatable bonds is 3. The van der Waals surface area contributed by atoms with Gasteiger partial charge in [-0.15, -0.1) is 10.2 Å². The van der Waals surface area contributed by atoms with Gasteiger partial charge in [0, 0.05) is 28.5 Å². The fourth-order valence-electron chi connectivity index (χ4n) is 2.89. The number of nitro groups is 1. The number of para-hydroxylation sites is 1. The lowest BCUT2D eigenvalue weighted by molar-refractivity contribution is -0.384. The van der Waals surface area contributed by atoms with Crippen LogP contribution in [0.2, 0.25) is 0 Å². The van der Waals surface area contributed by atoms with Crippen LogP contribution in [0.15, 0.2) is 57.1 Å². The van der Waals surface area contributed by atoms with E-state index in [1.807, 2.05) is 12.1 Å². The summed E-state index contributed by atoms with van der Waals surface area (Å²) >= 11 is 0. The van der Waals surface area contributed by atoms with Crippen molar-refractivity contribution in [2.24, 2.45) is 10.2 Å². The van der Waals surface area contributed by atoms with Crippen molar-refractivity contribution in [1.82, 2.24) is 4.98 Å². The normalized spacial score (nSPS) is 11.6. The summed E-state index contributed by atoms with van der Waals surface area (Å²) in [6, 6.07) is 11.2. The van der Waals surface area contributed by atoms with Gasteiger partial charge in [0.25, 0.3) is 5.69 Å². The number of aromatic amines is 1. The molecule has 134 valence electrons. The van der Waals surface area contributed by atoms with Crippen LogP contribution >= 0.6 is 0 Å². The van der Waals surface area contributed by atoms with Crippen LogP contribution in [0.4, 0.5) is 11.4 Å². The summed E-state index contributed by atoms with van der Waals surface area (Å²) in [4.78, 5) is 25.4. The molecule has 0 aliphatic rings. The van der Waals surface area contributed by atoms with Gasteiger partial charge in [-0.3, -0.25) is 14.9 Å². The van der Waals surface area contributed by atoms with Crippen molar-refractivity contribution in [3.05, 3.63) is 63.9 Å². The zero-order valence-corrected chi connectivity index (χ0v) is 14.0. The number of hydrogen-bond donors (Lipinski definition) is 2. The first-order valence-corrected chi connectivity index (χ1v) is 7.89. The summed E-state index contributed by atoms with van der Waals surface area (Å²) in [5.41, 5.74) is 1.39. The van der Waals surface area contributed by atoms with Crippen molar-refractivity contribution in [3.8, 4) is 5.88 Å². The molecular weight excluding hydrogens is 352 g/mol. The predicted molar refractivity (Wildman–Crippen MR) is 96.4 cm³/mol. The largest absolute Gasteiger partial charge is 0.493 e. The lowest BCUT2D eigenvalue weighted by atomic mass is 10.1. The van der Waals surface area contributed by atoms with Crippen LogP contribution in [0.1, 0.15) is 16.1 Å². The molecule has 0 saturated carbocycles. The van der Waals surface area contributed by atoms with Gasteiger partial charge in [-0.25, -0.2) is 0 Å². The highest BCUT2D eigenvalue weighted by atomic mass is 16.6. The molecule has 0 aliphatic heterocycles. The molecule has 0 radical (unpaired) electrons. The van der Waals surface area contributed by atoms with Gasteiger partial charge in [-0.05, 0) is 19.1 Å². The van der Waals surface area contributed by atoms with Crippen LogP contribution in [-0.2, 0) is 0 Å². The highest BCUT2D eigenvalue weighted by Crippen LogP contribution is 2.37. The Labute approximate surface area is 151 Å². The fraction of sp³-hybridized carbons (Fsp3) is 0.0556. The van der Waals surface area contributed by atoms with Gasteiger partial charge in [0.05, 0.1) is 10.4 Å². The van der Waals surface area contributed by atoms with Gasteiger partial charge in [0.2, 0.25) is 5.88 Å². The van der Waals surface area contributed by atoms with E-state index in [2.05, 4.69) is 15.2 Å². The van der Waals surface area contributed by atoms with Gasteiger partial charge in [-0.2, -0.15) is 0 Å². The van der Waals surface area contributed by atoms with Crippen molar-refractivity contribution >= 4 is 39.2 Å². The molecule has 0 atom stereocenters. The molecule has 27 heavy (non-hydrogen) atoms. The zero-order chi connectivity index (χ0) is 19.1. The molecule has 0 spiro atoms. The minimum absolute atomic E-state index is 0.0465. The molecule has 4 rings (SSSR count). The number of nitro benzene ring substituents is 1. The molecule has 2 heterocycles. The molecule has 2 aromatic heterocycles. The molecular formula is C18H12N4O5. The lowest BCUT2D eigenvalue weighted by Gasteiger charge is -1.94. The number of fused-ring (bicyclic) bond motifs is 2. The van der Waals surface area contributed by atoms with Crippen molar-refractivity contribution < 1.29 is 19.2 Å². The predicted octanol–water partition coefficient (Wildman–Crippen LogP) is 4.76. The third-order valence-corrected chi connectivity index (χ3v) is 4.23. The maximum atomic E-state index is 12.4. The van der Waals surface area contributed by atoms with E-state index < -0.39 is 10.8 Å². The average Bonchev–Trinajstić information content (AvgIpc) is 3.16. The third kappa shape index (κ3) is 2.71. The number of furan rings is 1. The third-order valence-electron chi connectivity index (χ3n) is 4.23. The summed E-state index contributed by atoms with van der Waals surface area (Å²) < 4.78 is 5.54. The van der Waals surface area contributed by atoms with Crippen LogP contribution in [0.5, 0.6) is 5.88 Å². The Morgan fingerprint density at radius 3 is 2.74 bits per heavy atom. The van der Waals surface area contributed by atoms with Crippen molar-refractivity contribution in [2.75, 3.05) is 0 Å². The summed E-state index contributed by atoms with van der Waals surface area (Å²) in [6.07, 6.45) is 0. The van der Waals surface area contributed by atoms with Gasteiger partial charge in [-0.1, -0.05) is 18.2 Å². The minimum Gasteiger partial charge on any atom is -0.493 e. The topological polar surface area (TPSA) is 134 Å². The number of azo groups is 1. The molecule has 9 nitrogen and oxygen atoms in total. The Morgan fingerprint density at radius 1 is 1.22 bits per heavy atom. The molecule has 2 N–H and O–H groups in total. The van der Waals surface area contributed by atoms with Crippen LogP contribution in [0.25, 0.3) is 21.9 Å². The number of nitrogens with zero attached hydrogens (tertiary/aromatic N) is 3. The monoisotopic (exact) mass is 364 g/mol. The van der Waals surface area contributed by atoms with Gasteiger partial charge in [0.15, 0.2) is 11.4 Å². The molecule has 0 aliphatic carbocycles. The Hall–Kier alpha value is -4.01. The zero-order valence-electron chi connectivity index (χ0n) is 14.0. The van der Waals surface area contributed by atoms with Gasteiger partial charge in [0.1, 0.15) is 5.58 Å². The summed E-state index contributed by atoms with van der Waals surface area (Å²) in [5, 5.41) is 29.4. The number of benzene rings is 2. The SMILES string of the molecule is Cc1c(C(=O)N=Nc2c(O)[nH]c3ccc([N+](=O)[O-])cc23)oc2ccccc12. The highest BCUT2D eigenvalue weighted by molar-refractivity contribution is 6.00. The number of non-ortho nitro benzene ring substituents is 1. The van der Waals surface area contributed by atoms with E-state index in [0.29, 0.717) is 16.7 Å². The number of aromatic hydroxyl groups is 1.